The van der Waals surface area contributed by atoms with Crippen molar-refractivity contribution < 1.29 is 4.74 Å². The molecule has 1 heterocycles. The van der Waals surface area contributed by atoms with Gasteiger partial charge in [-0.2, -0.15) is 0 Å². The number of likely N-dealkylation sites (tertiary alicyclic amines) is 1. The summed E-state index contributed by atoms with van der Waals surface area (Å²) in [5.74, 6) is 3.63. The summed E-state index contributed by atoms with van der Waals surface area (Å²) in [7, 11) is 1.70. The highest BCUT2D eigenvalue weighted by Crippen LogP contribution is 2.20. The first-order valence-corrected chi connectivity index (χ1v) is 7.28. The molecule has 3 nitrogen and oxygen atoms in total. The molecule has 1 aromatic rings. The van der Waals surface area contributed by atoms with E-state index < -0.39 is 0 Å². The van der Waals surface area contributed by atoms with Gasteiger partial charge in [0, 0.05) is 25.2 Å². The Bertz CT molecular complexity index is 441. The number of hydrogen-bond acceptors (Lipinski definition) is 3. The summed E-state index contributed by atoms with van der Waals surface area (Å²) in [5.41, 5.74) is 1.30. The van der Waals surface area contributed by atoms with Gasteiger partial charge in [-0.15, -0.1) is 6.42 Å². The molecule has 1 aromatic carbocycles. The van der Waals surface area contributed by atoms with Gasteiger partial charge in [0.1, 0.15) is 5.75 Å². The van der Waals surface area contributed by atoms with E-state index in [4.69, 9.17) is 11.2 Å². The summed E-state index contributed by atoms with van der Waals surface area (Å²) in [6, 6.07) is 9.24. The van der Waals surface area contributed by atoms with Crippen LogP contribution < -0.4 is 10.1 Å². The Labute approximate surface area is 122 Å². The van der Waals surface area contributed by atoms with Crippen LogP contribution in [-0.2, 0) is 0 Å². The summed E-state index contributed by atoms with van der Waals surface area (Å²) in [4.78, 5) is 2.34. The maximum atomic E-state index is 5.36. The Kier molecular flexibility index (Phi) is 5.46. The third-order valence-corrected chi connectivity index (χ3v) is 4.00. The largest absolute Gasteiger partial charge is 0.497 e. The first kappa shape index (κ1) is 14.9. The molecular formula is C17H24N2O. The SMILES string of the molecule is C#CCN1CCC(N[C@H](C)c2ccc(OC)cc2)CC1. The average molecular weight is 272 g/mol. The standard InChI is InChI=1S/C17H24N2O/c1-4-11-19-12-9-16(10-13-19)18-14(2)15-5-7-17(20-3)8-6-15/h1,5-8,14,16,18H,9-13H2,2-3H3/t14-/m1/s1. The van der Waals surface area contributed by atoms with Gasteiger partial charge < -0.3 is 10.1 Å². The van der Waals surface area contributed by atoms with Crippen molar-refractivity contribution in [3.05, 3.63) is 29.8 Å². The van der Waals surface area contributed by atoms with Gasteiger partial charge in [0.25, 0.3) is 0 Å². The summed E-state index contributed by atoms with van der Waals surface area (Å²) in [5, 5.41) is 3.72. The second kappa shape index (κ2) is 7.33. The van der Waals surface area contributed by atoms with Crippen LogP contribution in [0.15, 0.2) is 24.3 Å². The Balaban J connectivity index is 1.82. The lowest BCUT2D eigenvalue weighted by Crippen LogP contribution is -2.43. The molecule has 20 heavy (non-hydrogen) atoms. The smallest absolute Gasteiger partial charge is 0.118 e. The van der Waals surface area contributed by atoms with Crippen LogP contribution in [0, 0.1) is 12.3 Å². The van der Waals surface area contributed by atoms with Crippen molar-refractivity contribution in [2.75, 3.05) is 26.7 Å². The highest BCUT2D eigenvalue weighted by Gasteiger charge is 2.20. The number of methoxy groups -OCH3 is 1. The maximum absolute atomic E-state index is 5.36. The Morgan fingerprint density at radius 1 is 1.35 bits per heavy atom. The quantitative estimate of drug-likeness (QED) is 0.833. The normalized spacial score (nSPS) is 18.4. The van der Waals surface area contributed by atoms with Gasteiger partial charge in [-0.3, -0.25) is 4.90 Å². The number of ether oxygens (including phenoxy) is 1. The fourth-order valence-electron chi connectivity index (χ4n) is 2.73. The predicted molar refractivity (Wildman–Crippen MR) is 82.8 cm³/mol. The number of piperidine rings is 1. The monoisotopic (exact) mass is 272 g/mol. The maximum Gasteiger partial charge on any atom is 0.118 e. The summed E-state index contributed by atoms with van der Waals surface area (Å²) in [6.07, 6.45) is 7.69. The van der Waals surface area contributed by atoms with Crippen molar-refractivity contribution >= 4 is 0 Å². The van der Waals surface area contributed by atoms with E-state index in [0.29, 0.717) is 12.1 Å². The molecule has 1 fully saturated rings. The van der Waals surface area contributed by atoms with Crippen molar-refractivity contribution in [3.63, 3.8) is 0 Å². The van der Waals surface area contributed by atoms with Crippen molar-refractivity contribution in [3.8, 4) is 18.1 Å². The zero-order chi connectivity index (χ0) is 14.4. The minimum Gasteiger partial charge on any atom is -0.497 e. The molecule has 0 aromatic heterocycles. The average Bonchev–Trinajstić information content (AvgIpc) is 2.49. The molecule has 0 saturated carbocycles. The molecule has 1 aliphatic heterocycles. The molecule has 1 aliphatic rings. The van der Waals surface area contributed by atoms with Crippen LogP contribution in [0.4, 0.5) is 0 Å². The molecule has 1 saturated heterocycles. The van der Waals surface area contributed by atoms with Crippen molar-refractivity contribution in [1.82, 2.24) is 10.2 Å². The van der Waals surface area contributed by atoms with Gasteiger partial charge >= 0.3 is 0 Å². The molecule has 0 spiro atoms. The van der Waals surface area contributed by atoms with Crippen molar-refractivity contribution in [2.24, 2.45) is 0 Å². The molecule has 1 atom stereocenters. The zero-order valence-corrected chi connectivity index (χ0v) is 12.4. The van der Waals surface area contributed by atoms with Gasteiger partial charge in [0.15, 0.2) is 0 Å². The fraction of sp³-hybridized carbons (Fsp3) is 0.529. The van der Waals surface area contributed by atoms with Gasteiger partial charge in [0.05, 0.1) is 13.7 Å². The van der Waals surface area contributed by atoms with E-state index in [9.17, 15) is 0 Å². The van der Waals surface area contributed by atoms with Gasteiger partial charge in [-0.25, -0.2) is 0 Å². The lowest BCUT2D eigenvalue weighted by atomic mass is 10.0. The molecule has 0 unspecified atom stereocenters. The number of nitrogens with zero attached hydrogens (tertiary/aromatic N) is 1. The third-order valence-electron chi connectivity index (χ3n) is 4.00. The van der Waals surface area contributed by atoms with Crippen LogP contribution in [-0.4, -0.2) is 37.7 Å². The molecule has 2 rings (SSSR count). The predicted octanol–water partition coefficient (Wildman–Crippen LogP) is 2.44. The molecule has 0 aliphatic carbocycles. The minimum absolute atomic E-state index is 0.366. The topological polar surface area (TPSA) is 24.5 Å². The number of terminal acetylenes is 1. The summed E-state index contributed by atoms with van der Waals surface area (Å²) < 4.78 is 5.19. The van der Waals surface area contributed by atoms with E-state index in [2.05, 4.69) is 35.2 Å². The highest BCUT2D eigenvalue weighted by atomic mass is 16.5. The fourth-order valence-corrected chi connectivity index (χ4v) is 2.73. The lowest BCUT2D eigenvalue weighted by Gasteiger charge is -2.33. The van der Waals surface area contributed by atoms with Crippen LogP contribution in [0.1, 0.15) is 31.4 Å². The minimum atomic E-state index is 0.366. The highest BCUT2D eigenvalue weighted by molar-refractivity contribution is 5.28. The van der Waals surface area contributed by atoms with Gasteiger partial charge in [0.2, 0.25) is 0 Å². The van der Waals surface area contributed by atoms with Crippen molar-refractivity contribution in [2.45, 2.75) is 31.8 Å². The van der Waals surface area contributed by atoms with Crippen LogP contribution >= 0.6 is 0 Å². The summed E-state index contributed by atoms with van der Waals surface area (Å²) in [6.45, 7) is 5.19. The Morgan fingerprint density at radius 2 is 2.00 bits per heavy atom. The lowest BCUT2D eigenvalue weighted by molar-refractivity contribution is 0.211. The molecule has 108 valence electrons. The number of hydrogen-bond donors (Lipinski definition) is 1. The van der Waals surface area contributed by atoms with E-state index >= 15 is 0 Å². The molecule has 1 N–H and O–H groups in total. The van der Waals surface area contributed by atoms with E-state index in [1.807, 2.05) is 12.1 Å². The first-order valence-electron chi connectivity index (χ1n) is 7.28. The van der Waals surface area contributed by atoms with E-state index in [1.54, 1.807) is 7.11 Å². The molecule has 0 radical (unpaired) electrons. The van der Waals surface area contributed by atoms with E-state index in [-0.39, 0.29) is 0 Å². The van der Waals surface area contributed by atoms with Crippen LogP contribution in [0.3, 0.4) is 0 Å². The van der Waals surface area contributed by atoms with Crippen molar-refractivity contribution in [1.29, 1.82) is 0 Å². The number of rotatable bonds is 5. The Morgan fingerprint density at radius 3 is 2.55 bits per heavy atom. The molecular weight excluding hydrogens is 248 g/mol. The number of nitrogens with one attached hydrogen (secondary N) is 1. The molecule has 0 bridgehead atoms. The van der Waals surface area contributed by atoms with Crippen LogP contribution in [0.25, 0.3) is 0 Å². The number of benzene rings is 1. The zero-order valence-electron chi connectivity index (χ0n) is 12.4. The summed E-state index contributed by atoms with van der Waals surface area (Å²) >= 11 is 0. The molecule has 0 amide bonds. The molecule has 3 heteroatoms. The third kappa shape index (κ3) is 4.00. The van der Waals surface area contributed by atoms with E-state index in [0.717, 1.165) is 25.4 Å². The Hall–Kier alpha value is -1.50. The first-order chi connectivity index (χ1) is 9.72. The second-order valence-corrected chi connectivity index (χ2v) is 5.42. The van der Waals surface area contributed by atoms with Crippen LogP contribution in [0.5, 0.6) is 5.75 Å². The second-order valence-electron chi connectivity index (χ2n) is 5.42. The van der Waals surface area contributed by atoms with Crippen LogP contribution in [0.2, 0.25) is 0 Å². The van der Waals surface area contributed by atoms with Gasteiger partial charge in [-0.1, -0.05) is 18.1 Å². The van der Waals surface area contributed by atoms with Gasteiger partial charge in [-0.05, 0) is 37.5 Å². The van der Waals surface area contributed by atoms with E-state index in [1.165, 1.54) is 18.4 Å².